The van der Waals surface area contributed by atoms with E-state index < -0.39 is 35.0 Å². The van der Waals surface area contributed by atoms with E-state index in [2.05, 4.69) is 10.1 Å². The van der Waals surface area contributed by atoms with Crippen molar-refractivity contribution >= 4 is 24.1 Å². The minimum Gasteiger partial charge on any atom is -0.460 e. The molecule has 0 radical (unpaired) electrons. The molecule has 10 nitrogen and oxygen atoms in total. The molecule has 0 spiro atoms. The first kappa shape index (κ1) is 27.1. The number of rotatable bonds is 4. The van der Waals surface area contributed by atoms with Crippen LogP contribution in [0.25, 0.3) is 0 Å². The summed E-state index contributed by atoms with van der Waals surface area (Å²) >= 11 is 0. The maximum atomic E-state index is 13.0. The lowest BCUT2D eigenvalue weighted by atomic mass is 10.2. The summed E-state index contributed by atoms with van der Waals surface area (Å²) in [7, 11) is 0. The Morgan fingerprint density at radius 1 is 0.906 bits per heavy atom. The SMILES string of the molecule is CC(C)(C)OC(=O)CCCN(C(=O)OC(C)(C)C)C(=NC(=O)OC(C)(C)C)n1cccn1. The molecule has 0 aromatic carbocycles. The van der Waals surface area contributed by atoms with Crippen molar-refractivity contribution in [3.63, 3.8) is 0 Å². The molecule has 180 valence electrons. The second-order valence-corrected chi connectivity index (χ2v) is 10.2. The molecular formula is C22H36N4O6. The fraction of sp³-hybridized carbons (Fsp3) is 0.682. The van der Waals surface area contributed by atoms with E-state index in [-0.39, 0.29) is 25.3 Å². The molecule has 0 saturated carbocycles. The molecule has 0 N–H and O–H groups in total. The zero-order valence-electron chi connectivity index (χ0n) is 20.6. The maximum Gasteiger partial charge on any atom is 0.437 e. The quantitative estimate of drug-likeness (QED) is 0.288. The fourth-order valence-electron chi connectivity index (χ4n) is 2.35. The van der Waals surface area contributed by atoms with Gasteiger partial charge < -0.3 is 14.2 Å². The predicted octanol–water partition coefficient (Wildman–Crippen LogP) is 4.38. The highest BCUT2D eigenvalue weighted by molar-refractivity contribution is 5.99. The van der Waals surface area contributed by atoms with E-state index in [0.29, 0.717) is 0 Å². The number of carbonyl (C=O) groups excluding carboxylic acids is 3. The summed E-state index contributed by atoms with van der Waals surface area (Å²) in [6.45, 7) is 15.7. The first-order valence-corrected chi connectivity index (χ1v) is 10.5. The third kappa shape index (κ3) is 10.9. The van der Waals surface area contributed by atoms with Gasteiger partial charge in [-0.2, -0.15) is 5.10 Å². The number of aliphatic imine (C=N–C) groups is 1. The molecular weight excluding hydrogens is 416 g/mol. The van der Waals surface area contributed by atoms with E-state index in [1.165, 1.54) is 17.1 Å². The zero-order valence-corrected chi connectivity index (χ0v) is 20.6. The van der Waals surface area contributed by atoms with Crippen molar-refractivity contribution in [3.05, 3.63) is 18.5 Å². The van der Waals surface area contributed by atoms with E-state index in [9.17, 15) is 14.4 Å². The Bertz CT molecular complexity index is 811. The molecule has 10 heteroatoms. The lowest BCUT2D eigenvalue weighted by Crippen LogP contribution is -2.45. The highest BCUT2D eigenvalue weighted by Gasteiger charge is 2.29. The average molecular weight is 453 g/mol. The Morgan fingerprint density at radius 2 is 1.47 bits per heavy atom. The smallest absolute Gasteiger partial charge is 0.437 e. The first-order chi connectivity index (χ1) is 14.5. The minimum absolute atomic E-state index is 0.0373. The molecule has 2 amide bonds. The van der Waals surface area contributed by atoms with Crippen LogP contribution in [-0.2, 0) is 19.0 Å². The van der Waals surface area contributed by atoms with Crippen LogP contribution in [0.3, 0.4) is 0 Å². The topological polar surface area (TPSA) is 112 Å². The highest BCUT2D eigenvalue weighted by atomic mass is 16.6. The van der Waals surface area contributed by atoms with Gasteiger partial charge in [0, 0.05) is 25.4 Å². The summed E-state index contributed by atoms with van der Waals surface area (Å²) in [5, 5.41) is 4.09. The Morgan fingerprint density at radius 3 is 1.94 bits per heavy atom. The van der Waals surface area contributed by atoms with Crippen molar-refractivity contribution in [2.45, 2.75) is 92.0 Å². The van der Waals surface area contributed by atoms with Crippen LogP contribution in [0.5, 0.6) is 0 Å². The Balaban J connectivity index is 3.19. The second-order valence-electron chi connectivity index (χ2n) is 10.2. The van der Waals surface area contributed by atoms with Gasteiger partial charge in [0.05, 0.1) is 0 Å². The summed E-state index contributed by atoms with van der Waals surface area (Å²) in [4.78, 5) is 42.6. The zero-order chi connectivity index (χ0) is 24.7. The van der Waals surface area contributed by atoms with E-state index in [1.54, 1.807) is 68.4 Å². The summed E-state index contributed by atoms with van der Waals surface area (Å²) in [6, 6.07) is 1.62. The number of esters is 1. The molecule has 1 heterocycles. The minimum atomic E-state index is -0.885. The predicted molar refractivity (Wildman–Crippen MR) is 119 cm³/mol. The van der Waals surface area contributed by atoms with E-state index >= 15 is 0 Å². The van der Waals surface area contributed by atoms with Crippen molar-refractivity contribution < 1.29 is 28.6 Å². The van der Waals surface area contributed by atoms with Crippen LogP contribution in [0, 0.1) is 0 Å². The molecule has 1 rings (SSSR count). The van der Waals surface area contributed by atoms with Gasteiger partial charge in [0.15, 0.2) is 0 Å². The molecule has 0 aliphatic heterocycles. The van der Waals surface area contributed by atoms with Gasteiger partial charge in [-0.05, 0) is 74.8 Å². The van der Waals surface area contributed by atoms with Crippen LogP contribution >= 0.6 is 0 Å². The lowest BCUT2D eigenvalue weighted by Gasteiger charge is -2.28. The summed E-state index contributed by atoms with van der Waals surface area (Å²) < 4.78 is 17.4. The largest absolute Gasteiger partial charge is 0.460 e. The molecule has 0 bridgehead atoms. The van der Waals surface area contributed by atoms with Gasteiger partial charge in [-0.15, -0.1) is 4.99 Å². The number of hydrogen-bond acceptors (Lipinski definition) is 7. The number of ether oxygens (including phenoxy) is 3. The third-order valence-corrected chi connectivity index (χ3v) is 3.33. The van der Waals surface area contributed by atoms with Crippen molar-refractivity contribution in [1.82, 2.24) is 14.7 Å². The average Bonchev–Trinajstić information content (AvgIpc) is 3.06. The van der Waals surface area contributed by atoms with Crippen molar-refractivity contribution in [2.75, 3.05) is 6.54 Å². The molecule has 0 fully saturated rings. The number of nitrogens with zero attached hydrogens (tertiary/aromatic N) is 4. The number of amides is 2. The van der Waals surface area contributed by atoms with Gasteiger partial charge in [0.25, 0.3) is 0 Å². The second kappa shape index (κ2) is 10.6. The molecule has 0 aliphatic carbocycles. The molecule has 0 atom stereocenters. The third-order valence-electron chi connectivity index (χ3n) is 3.33. The highest BCUT2D eigenvalue weighted by Crippen LogP contribution is 2.15. The monoisotopic (exact) mass is 452 g/mol. The summed E-state index contributed by atoms with van der Waals surface area (Å²) in [6.07, 6.45) is 1.72. The molecule has 1 aromatic heterocycles. The van der Waals surface area contributed by atoms with Crippen LogP contribution in [0.15, 0.2) is 23.5 Å². The van der Waals surface area contributed by atoms with Gasteiger partial charge in [0.2, 0.25) is 5.96 Å². The Kier molecular flexibility index (Phi) is 8.99. The Labute approximate surface area is 189 Å². The van der Waals surface area contributed by atoms with Gasteiger partial charge >= 0.3 is 18.2 Å². The molecule has 0 saturated heterocycles. The van der Waals surface area contributed by atoms with Gasteiger partial charge in [-0.3, -0.25) is 4.79 Å². The Hall–Kier alpha value is -2.91. The number of aromatic nitrogens is 2. The summed E-state index contributed by atoms with van der Waals surface area (Å²) in [5.41, 5.74) is -2.18. The van der Waals surface area contributed by atoms with Crippen molar-refractivity contribution in [3.8, 4) is 0 Å². The standard InChI is InChI=1S/C22H36N4O6/c1-20(2,3)30-16(27)12-10-14-25(19(29)32-22(7,8)9)17(26-15-11-13-23-26)24-18(28)31-21(4,5)6/h11,13,15H,10,12,14H2,1-9H3. The van der Waals surface area contributed by atoms with Crippen molar-refractivity contribution in [1.29, 1.82) is 0 Å². The van der Waals surface area contributed by atoms with Gasteiger partial charge in [-0.1, -0.05) is 0 Å². The van der Waals surface area contributed by atoms with Crippen LogP contribution in [0.4, 0.5) is 9.59 Å². The van der Waals surface area contributed by atoms with Gasteiger partial charge in [-0.25, -0.2) is 19.2 Å². The normalized spacial score (nSPS) is 12.8. The van der Waals surface area contributed by atoms with Crippen LogP contribution in [0.1, 0.15) is 75.2 Å². The fourth-order valence-corrected chi connectivity index (χ4v) is 2.35. The van der Waals surface area contributed by atoms with E-state index in [0.717, 1.165) is 4.90 Å². The number of carbonyl (C=O) groups is 3. The number of hydrogen-bond donors (Lipinski definition) is 0. The molecule has 0 unspecified atom stereocenters. The maximum absolute atomic E-state index is 13.0. The van der Waals surface area contributed by atoms with E-state index in [1.807, 2.05) is 0 Å². The first-order valence-electron chi connectivity index (χ1n) is 10.5. The van der Waals surface area contributed by atoms with Crippen molar-refractivity contribution in [2.24, 2.45) is 4.99 Å². The van der Waals surface area contributed by atoms with Crippen LogP contribution < -0.4 is 0 Å². The molecule has 1 aromatic rings. The summed E-state index contributed by atoms with van der Waals surface area (Å²) in [5.74, 6) is -0.492. The molecule has 32 heavy (non-hydrogen) atoms. The van der Waals surface area contributed by atoms with Gasteiger partial charge in [0.1, 0.15) is 16.8 Å². The lowest BCUT2D eigenvalue weighted by molar-refractivity contribution is -0.155. The van der Waals surface area contributed by atoms with Crippen LogP contribution in [0.2, 0.25) is 0 Å². The van der Waals surface area contributed by atoms with Crippen LogP contribution in [-0.4, -0.2) is 62.1 Å². The molecule has 0 aliphatic rings. The van der Waals surface area contributed by atoms with E-state index in [4.69, 9.17) is 14.2 Å².